The molecule has 0 radical (unpaired) electrons. The van der Waals surface area contributed by atoms with Crippen LogP contribution in [0.1, 0.15) is 34.0 Å². The van der Waals surface area contributed by atoms with Crippen molar-refractivity contribution < 1.29 is 4.79 Å². The molecule has 0 saturated heterocycles. The maximum absolute atomic E-state index is 12.5. The Morgan fingerprint density at radius 1 is 1.10 bits per heavy atom. The average molecular weight is 416 g/mol. The van der Waals surface area contributed by atoms with Gasteiger partial charge in [0.1, 0.15) is 5.82 Å². The summed E-state index contributed by atoms with van der Waals surface area (Å²) in [5, 5.41) is 10.9. The minimum absolute atomic E-state index is 0.222. The predicted molar refractivity (Wildman–Crippen MR) is 121 cm³/mol. The maximum Gasteiger partial charge on any atom is 0.258 e. The number of amides is 1. The van der Waals surface area contributed by atoms with Crippen molar-refractivity contribution >= 4 is 17.6 Å². The van der Waals surface area contributed by atoms with E-state index >= 15 is 0 Å². The van der Waals surface area contributed by atoms with Crippen LogP contribution in [0.25, 0.3) is 11.1 Å². The largest absolute Gasteiger partial charge is 0.307 e. The zero-order valence-corrected chi connectivity index (χ0v) is 18.0. The highest BCUT2D eigenvalue weighted by Gasteiger charge is 2.18. The second-order valence-electron chi connectivity index (χ2n) is 7.38. The molecule has 1 aromatic carbocycles. The van der Waals surface area contributed by atoms with E-state index in [0.29, 0.717) is 11.4 Å². The van der Waals surface area contributed by atoms with Gasteiger partial charge in [-0.2, -0.15) is 0 Å². The standard InChI is InChI=1S/C23H25N7O/c1-5-16-6-7-17(22-27-29(3)30(4)28-22)12-19(16)18-8-9-21(25-13-18)26-23(31)20-14-24-11-10-15(20)2/h6-14H,5H2,1-4H3,(H,27,28)(H,25,26,31). The molecule has 1 aliphatic heterocycles. The predicted octanol–water partition coefficient (Wildman–Crippen LogP) is 3.23. The average Bonchev–Trinajstić information content (AvgIpc) is 3.12. The summed E-state index contributed by atoms with van der Waals surface area (Å²) in [6.45, 7) is 4.01. The fourth-order valence-corrected chi connectivity index (χ4v) is 3.40. The van der Waals surface area contributed by atoms with Crippen molar-refractivity contribution in [2.75, 3.05) is 19.4 Å². The summed E-state index contributed by atoms with van der Waals surface area (Å²) >= 11 is 0. The van der Waals surface area contributed by atoms with E-state index in [1.54, 1.807) is 23.7 Å². The zero-order valence-electron chi connectivity index (χ0n) is 18.0. The number of hydrogen-bond donors (Lipinski definition) is 2. The number of carbonyl (C=O) groups excluding carboxylic acids is 1. The maximum atomic E-state index is 12.5. The molecule has 0 bridgehead atoms. The van der Waals surface area contributed by atoms with Gasteiger partial charge in [-0.25, -0.2) is 10.1 Å². The normalized spacial score (nSPS) is 13.7. The number of hydrazine groups is 2. The number of hydrazone groups is 1. The first-order valence-corrected chi connectivity index (χ1v) is 10.1. The Morgan fingerprint density at radius 2 is 1.90 bits per heavy atom. The molecule has 1 amide bonds. The van der Waals surface area contributed by atoms with E-state index < -0.39 is 0 Å². The Bertz CT molecular complexity index is 1140. The van der Waals surface area contributed by atoms with Gasteiger partial charge in [-0.15, -0.1) is 10.2 Å². The summed E-state index contributed by atoms with van der Waals surface area (Å²) < 4.78 is 0. The third-order valence-electron chi connectivity index (χ3n) is 5.31. The summed E-state index contributed by atoms with van der Waals surface area (Å²) in [6, 6.07) is 11.9. The van der Waals surface area contributed by atoms with Crippen molar-refractivity contribution in [2.45, 2.75) is 20.3 Å². The van der Waals surface area contributed by atoms with Crippen LogP contribution in [0.4, 0.5) is 5.82 Å². The van der Waals surface area contributed by atoms with E-state index in [2.05, 4.69) is 50.9 Å². The van der Waals surface area contributed by atoms with Gasteiger partial charge in [-0.05, 0) is 54.3 Å². The number of nitrogens with zero attached hydrogens (tertiary/aromatic N) is 5. The molecule has 3 aromatic rings. The molecule has 1 aliphatic rings. The number of aryl methyl sites for hydroxylation is 2. The molecule has 4 rings (SSSR count). The SMILES string of the molecule is CCc1ccc(C2=NN(C)N(C)N2)cc1-c1ccc(NC(=O)c2cnccc2C)nc1. The summed E-state index contributed by atoms with van der Waals surface area (Å²) in [4.78, 5) is 21.0. The lowest BCUT2D eigenvalue weighted by molar-refractivity contribution is 0.0275. The van der Waals surface area contributed by atoms with E-state index in [0.717, 1.165) is 34.5 Å². The van der Waals surface area contributed by atoms with Gasteiger partial charge in [-0.3, -0.25) is 15.2 Å². The highest BCUT2D eigenvalue weighted by molar-refractivity contribution is 6.04. The fourth-order valence-electron chi connectivity index (χ4n) is 3.40. The molecule has 158 valence electrons. The second kappa shape index (κ2) is 8.53. The summed E-state index contributed by atoms with van der Waals surface area (Å²) in [5.41, 5.74) is 8.92. The van der Waals surface area contributed by atoms with Crippen LogP contribution >= 0.6 is 0 Å². The van der Waals surface area contributed by atoms with E-state index in [-0.39, 0.29) is 5.91 Å². The summed E-state index contributed by atoms with van der Waals surface area (Å²) in [6.07, 6.45) is 5.91. The lowest BCUT2D eigenvalue weighted by Gasteiger charge is -2.16. The van der Waals surface area contributed by atoms with Crippen LogP contribution in [0.5, 0.6) is 0 Å². The van der Waals surface area contributed by atoms with Crippen molar-refractivity contribution in [3.05, 3.63) is 77.2 Å². The molecule has 8 nitrogen and oxygen atoms in total. The molecule has 0 unspecified atom stereocenters. The quantitative estimate of drug-likeness (QED) is 0.666. The molecule has 2 N–H and O–H groups in total. The van der Waals surface area contributed by atoms with Crippen molar-refractivity contribution in [1.82, 2.24) is 25.6 Å². The van der Waals surface area contributed by atoms with Crippen molar-refractivity contribution in [1.29, 1.82) is 0 Å². The van der Waals surface area contributed by atoms with E-state index in [1.807, 2.05) is 44.3 Å². The summed E-state index contributed by atoms with van der Waals surface area (Å²) in [5.74, 6) is 1.06. The van der Waals surface area contributed by atoms with Crippen LogP contribution < -0.4 is 10.7 Å². The number of carbonyl (C=O) groups is 1. The lowest BCUT2D eigenvalue weighted by atomic mass is 9.96. The van der Waals surface area contributed by atoms with E-state index in [1.165, 1.54) is 5.56 Å². The van der Waals surface area contributed by atoms with Gasteiger partial charge in [0.2, 0.25) is 0 Å². The third kappa shape index (κ3) is 4.24. The highest BCUT2D eigenvalue weighted by Crippen LogP contribution is 2.27. The van der Waals surface area contributed by atoms with Gasteiger partial charge in [0.25, 0.3) is 5.91 Å². The molecule has 8 heteroatoms. The van der Waals surface area contributed by atoms with Crippen LogP contribution in [0.2, 0.25) is 0 Å². The van der Waals surface area contributed by atoms with Crippen LogP contribution in [0.15, 0.2) is 60.1 Å². The number of hydrogen-bond acceptors (Lipinski definition) is 7. The molecule has 0 saturated carbocycles. The van der Waals surface area contributed by atoms with Crippen molar-refractivity contribution in [3.63, 3.8) is 0 Å². The Balaban J connectivity index is 1.58. The number of amidine groups is 1. The van der Waals surface area contributed by atoms with Gasteiger partial charge in [0.15, 0.2) is 5.84 Å². The number of aromatic nitrogens is 2. The number of rotatable bonds is 5. The Morgan fingerprint density at radius 3 is 2.55 bits per heavy atom. The number of nitrogens with one attached hydrogen (secondary N) is 2. The summed E-state index contributed by atoms with van der Waals surface area (Å²) in [7, 11) is 3.78. The van der Waals surface area contributed by atoms with Crippen LogP contribution in [-0.2, 0) is 6.42 Å². The van der Waals surface area contributed by atoms with Crippen LogP contribution in [0, 0.1) is 6.92 Å². The number of anilines is 1. The molecule has 0 spiro atoms. The van der Waals surface area contributed by atoms with Gasteiger partial charge < -0.3 is 5.32 Å². The minimum atomic E-state index is -0.222. The third-order valence-corrected chi connectivity index (χ3v) is 5.31. The van der Waals surface area contributed by atoms with Crippen LogP contribution in [-0.4, -0.2) is 46.0 Å². The fraction of sp³-hybridized carbons (Fsp3) is 0.217. The van der Waals surface area contributed by atoms with Gasteiger partial charge in [-0.1, -0.05) is 19.1 Å². The van der Waals surface area contributed by atoms with Gasteiger partial charge >= 0.3 is 0 Å². The van der Waals surface area contributed by atoms with Gasteiger partial charge in [0.05, 0.1) is 5.56 Å². The van der Waals surface area contributed by atoms with Crippen molar-refractivity contribution in [3.8, 4) is 11.1 Å². The Kier molecular flexibility index (Phi) is 5.64. The highest BCUT2D eigenvalue weighted by atomic mass is 16.1. The second-order valence-corrected chi connectivity index (χ2v) is 7.38. The number of benzene rings is 1. The number of pyridine rings is 2. The molecule has 0 aliphatic carbocycles. The first kappa shape index (κ1) is 20.5. The molecule has 31 heavy (non-hydrogen) atoms. The first-order chi connectivity index (χ1) is 15.0. The molecule has 0 fully saturated rings. The molecule has 0 atom stereocenters. The first-order valence-electron chi connectivity index (χ1n) is 10.1. The van der Waals surface area contributed by atoms with Crippen molar-refractivity contribution in [2.24, 2.45) is 5.10 Å². The smallest absolute Gasteiger partial charge is 0.258 e. The molecular formula is C23H25N7O. The monoisotopic (exact) mass is 415 g/mol. The van der Waals surface area contributed by atoms with E-state index in [9.17, 15) is 4.79 Å². The Labute approximate surface area is 181 Å². The van der Waals surface area contributed by atoms with Crippen LogP contribution in [0.3, 0.4) is 0 Å². The zero-order chi connectivity index (χ0) is 22.0. The molecule has 3 heterocycles. The van der Waals surface area contributed by atoms with E-state index in [4.69, 9.17) is 0 Å². The topological polar surface area (TPSA) is 85.8 Å². The molecular weight excluding hydrogens is 390 g/mol. The minimum Gasteiger partial charge on any atom is -0.307 e. The molecule has 2 aromatic heterocycles. The lowest BCUT2D eigenvalue weighted by Crippen LogP contribution is -2.38. The van der Waals surface area contributed by atoms with Gasteiger partial charge in [0, 0.05) is 43.8 Å². The Hall–Kier alpha value is -3.78.